The summed E-state index contributed by atoms with van der Waals surface area (Å²) >= 11 is 1.37. The van der Waals surface area contributed by atoms with E-state index in [1.807, 2.05) is 0 Å². The van der Waals surface area contributed by atoms with Gasteiger partial charge in [-0.05, 0) is 42.9 Å². The molecule has 1 aliphatic carbocycles. The van der Waals surface area contributed by atoms with Crippen LogP contribution in [0.1, 0.15) is 44.7 Å². The minimum Gasteiger partial charge on any atom is -0.451 e. The Morgan fingerprint density at radius 2 is 2.07 bits per heavy atom. The predicted octanol–water partition coefficient (Wildman–Crippen LogP) is 3.33. The molecule has 6 nitrogen and oxygen atoms in total. The highest BCUT2D eigenvalue weighted by Gasteiger charge is 2.27. The van der Waals surface area contributed by atoms with Crippen LogP contribution in [0.2, 0.25) is 0 Å². The van der Waals surface area contributed by atoms with Gasteiger partial charge in [0.2, 0.25) is 0 Å². The van der Waals surface area contributed by atoms with Crippen molar-refractivity contribution in [2.24, 2.45) is 11.7 Å². The summed E-state index contributed by atoms with van der Waals surface area (Å²) in [6.07, 6.45) is 2.62. The van der Waals surface area contributed by atoms with Crippen LogP contribution in [0, 0.1) is 5.92 Å². The van der Waals surface area contributed by atoms with Gasteiger partial charge in [0.25, 0.3) is 11.8 Å². The van der Waals surface area contributed by atoms with Gasteiger partial charge in [0.15, 0.2) is 11.2 Å². The lowest BCUT2D eigenvalue weighted by Gasteiger charge is -2.18. The molecule has 1 aromatic carbocycles. The molecule has 0 aliphatic heterocycles. The molecule has 3 N–H and O–H groups in total. The zero-order chi connectivity index (χ0) is 19.1. The Bertz CT molecular complexity index is 1130. The average Bonchev–Trinajstić information content (AvgIpc) is 2.98. The highest BCUT2D eigenvalue weighted by atomic mass is 32.1. The third-order valence-corrected chi connectivity index (χ3v) is 6.01. The van der Waals surface area contributed by atoms with Gasteiger partial charge in [-0.2, -0.15) is 0 Å². The van der Waals surface area contributed by atoms with E-state index in [1.165, 1.54) is 11.3 Å². The number of fused-ring (bicyclic) bond motifs is 2. The molecule has 0 unspecified atom stereocenters. The number of hydrogen-bond donors (Lipinski definition) is 2. The molecule has 2 aromatic heterocycles. The summed E-state index contributed by atoms with van der Waals surface area (Å²) < 4.78 is 5.57. The number of carbonyl (C=O) groups is 2. The van der Waals surface area contributed by atoms with Crippen molar-refractivity contribution in [3.63, 3.8) is 0 Å². The number of amides is 2. The van der Waals surface area contributed by atoms with Gasteiger partial charge >= 0.3 is 0 Å². The number of hydrogen-bond acceptors (Lipinski definition) is 5. The fourth-order valence-corrected chi connectivity index (χ4v) is 4.89. The van der Waals surface area contributed by atoms with Crippen molar-refractivity contribution in [1.29, 1.82) is 0 Å². The Morgan fingerprint density at radius 1 is 1.30 bits per heavy atom. The molecule has 2 amide bonds. The van der Waals surface area contributed by atoms with Gasteiger partial charge in [-0.25, -0.2) is 0 Å². The number of nitrogens with two attached hydrogens (primary N) is 1. The number of benzene rings is 1. The summed E-state index contributed by atoms with van der Waals surface area (Å²) in [4.78, 5) is 38.0. The van der Waals surface area contributed by atoms with E-state index in [9.17, 15) is 14.4 Å². The molecule has 4 rings (SSSR count). The summed E-state index contributed by atoms with van der Waals surface area (Å²) in [6, 6.07) is 7.90. The van der Waals surface area contributed by atoms with Crippen LogP contribution in [-0.2, 0) is 12.8 Å². The van der Waals surface area contributed by atoms with Crippen LogP contribution in [0.15, 0.2) is 39.5 Å². The fraction of sp³-hybridized carbons (Fsp3) is 0.250. The van der Waals surface area contributed by atoms with E-state index < -0.39 is 11.8 Å². The molecule has 27 heavy (non-hydrogen) atoms. The zero-order valence-electron chi connectivity index (χ0n) is 14.7. The maximum atomic E-state index is 12.7. The first-order valence-corrected chi connectivity index (χ1v) is 9.54. The van der Waals surface area contributed by atoms with Crippen molar-refractivity contribution in [2.45, 2.75) is 26.2 Å². The molecule has 3 aromatic rings. The first-order chi connectivity index (χ1) is 12.9. The second kappa shape index (κ2) is 6.66. The molecule has 0 fully saturated rings. The Kier molecular flexibility index (Phi) is 4.31. The summed E-state index contributed by atoms with van der Waals surface area (Å²) in [5.74, 6) is -0.711. The van der Waals surface area contributed by atoms with Crippen LogP contribution in [0.25, 0.3) is 11.0 Å². The van der Waals surface area contributed by atoms with Gasteiger partial charge in [-0.1, -0.05) is 19.1 Å². The van der Waals surface area contributed by atoms with Crippen LogP contribution in [0.4, 0.5) is 5.00 Å². The standard InChI is InChI=1S/C20H18N2O4S/c1-10-6-7-12-16(8-10)27-20(17(12)18(21)24)22-19(25)15-9-13(23)11-4-2-3-5-14(11)26-15/h2-5,9-10H,6-8H2,1H3,(H2,21,24)(H,22,25)/t10-/m0/s1. The number of thiophene rings is 1. The molecule has 0 radical (unpaired) electrons. The summed E-state index contributed by atoms with van der Waals surface area (Å²) in [5.41, 5.74) is 6.92. The van der Waals surface area contributed by atoms with Crippen molar-refractivity contribution in [1.82, 2.24) is 0 Å². The molecular formula is C20H18N2O4S. The Balaban J connectivity index is 1.71. The summed E-state index contributed by atoms with van der Waals surface area (Å²) in [6.45, 7) is 2.16. The van der Waals surface area contributed by atoms with E-state index in [2.05, 4.69) is 12.2 Å². The van der Waals surface area contributed by atoms with E-state index in [4.69, 9.17) is 10.2 Å². The van der Waals surface area contributed by atoms with Crippen molar-refractivity contribution in [2.75, 3.05) is 5.32 Å². The van der Waals surface area contributed by atoms with Crippen LogP contribution in [-0.4, -0.2) is 11.8 Å². The fourth-order valence-electron chi connectivity index (χ4n) is 3.48. The quantitative estimate of drug-likeness (QED) is 0.725. The van der Waals surface area contributed by atoms with Gasteiger partial charge in [-0.3, -0.25) is 14.4 Å². The minimum absolute atomic E-state index is 0.103. The number of nitrogens with one attached hydrogen (secondary N) is 1. The number of para-hydroxylation sites is 1. The van der Waals surface area contributed by atoms with Gasteiger partial charge in [0.1, 0.15) is 10.6 Å². The van der Waals surface area contributed by atoms with Gasteiger partial charge in [0.05, 0.1) is 10.9 Å². The predicted molar refractivity (Wildman–Crippen MR) is 104 cm³/mol. The molecule has 2 heterocycles. The Labute approximate surface area is 159 Å². The topological polar surface area (TPSA) is 102 Å². The lowest BCUT2D eigenvalue weighted by atomic mass is 9.88. The second-order valence-electron chi connectivity index (χ2n) is 6.85. The SMILES string of the molecule is C[C@H]1CCc2c(sc(NC(=O)c3cc(=O)c4ccccc4o3)c2C(N)=O)C1. The number of carbonyl (C=O) groups excluding carboxylic acids is 2. The Morgan fingerprint density at radius 3 is 2.85 bits per heavy atom. The van der Waals surface area contributed by atoms with E-state index in [-0.39, 0.29) is 11.2 Å². The first kappa shape index (κ1) is 17.5. The van der Waals surface area contributed by atoms with Crippen LogP contribution >= 0.6 is 11.3 Å². The molecule has 0 saturated heterocycles. The van der Waals surface area contributed by atoms with Gasteiger partial charge in [-0.15, -0.1) is 11.3 Å². The van der Waals surface area contributed by atoms with E-state index >= 15 is 0 Å². The molecule has 7 heteroatoms. The molecular weight excluding hydrogens is 364 g/mol. The van der Waals surface area contributed by atoms with Crippen LogP contribution in [0.3, 0.4) is 0 Å². The number of anilines is 1. The van der Waals surface area contributed by atoms with Crippen LogP contribution in [0.5, 0.6) is 0 Å². The van der Waals surface area contributed by atoms with E-state index in [1.54, 1.807) is 24.3 Å². The van der Waals surface area contributed by atoms with E-state index in [0.717, 1.165) is 35.8 Å². The first-order valence-electron chi connectivity index (χ1n) is 8.72. The third-order valence-electron chi connectivity index (χ3n) is 4.84. The van der Waals surface area contributed by atoms with Crippen molar-refractivity contribution in [3.05, 3.63) is 62.3 Å². The van der Waals surface area contributed by atoms with Gasteiger partial charge < -0.3 is 15.5 Å². The van der Waals surface area contributed by atoms with Crippen molar-refractivity contribution in [3.8, 4) is 0 Å². The molecule has 0 saturated carbocycles. The zero-order valence-corrected chi connectivity index (χ0v) is 15.5. The van der Waals surface area contributed by atoms with Crippen molar-refractivity contribution >= 4 is 39.1 Å². The molecule has 138 valence electrons. The summed E-state index contributed by atoms with van der Waals surface area (Å²) in [7, 11) is 0. The smallest absolute Gasteiger partial charge is 0.292 e. The maximum Gasteiger partial charge on any atom is 0.292 e. The largest absolute Gasteiger partial charge is 0.451 e. The van der Waals surface area contributed by atoms with Crippen LogP contribution < -0.4 is 16.5 Å². The molecule has 1 atom stereocenters. The monoisotopic (exact) mass is 382 g/mol. The minimum atomic E-state index is -0.577. The maximum absolute atomic E-state index is 12.7. The summed E-state index contributed by atoms with van der Waals surface area (Å²) in [5, 5.41) is 3.55. The molecule has 0 spiro atoms. The van der Waals surface area contributed by atoms with Crippen molar-refractivity contribution < 1.29 is 14.0 Å². The normalized spacial score (nSPS) is 16.1. The number of primary amides is 1. The average molecular weight is 382 g/mol. The lowest BCUT2D eigenvalue weighted by Crippen LogP contribution is -2.20. The molecule has 1 aliphatic rings. The highest BCUT2D eigenvalue weighted by molar-refractivity contribution is 7.17. The second-order valence-corrected chi connectivity index (χ2v) is 7.95. The highest BCUT2D eigenvalue weighted by Crippen LogP contribution is 2.39. The molecule has 0 bridgehead atoms. The van der Waals surface area contributed by atoms with E-state index in [0.29, 0.717) is 27.5 Å². The Hall–Kier alpha value is -2.93. The lowest BCUT2D eigenvalue weighted by molar-refractivity contribution is 0.0997. The third kappa shape index (κ3) is 3.14. The van der Waals surface area contributed by atoms with Gasteiger partial charge in [0, 0.05) is 10.9 Å². The number of rotatable bonds is 3.